The number of nitrogens with zero attached hydrogens (tertiary/aromatic N) is 1. The van der Waals surface area contributed by atoms with Crippen LogP contribution in [0.3, 0.4) is 0 Å². The van der Waals surface area contributed by atoms with Crippen LogP contribution in [0, 0.1) is 0 Å². The standard InChI is InChI=1S/C16H18N2O5S/c19-15-3-1-9-18(15)10-2-8-17-24(21,22)13-5-6-14-12(11-13)4-7-16(20)23-14/h4-7,11,17H,1-3,8-10H2. The van der Waals surface area contributed by atoms with E-state index in [1.807, 2.05) is 0 Å². The van der Waals surface area contributed by atoms with Crippen LogP contribution in [0.25, 0.3) is 11.0 Å². The van der Waals surface area contributed by atoms with Gasteiger partial charge in [-0.05, 0) is 37.1 Å². The Morgan fingerprint density at radius 1 is 1.17 bits per heavy atom. The first kappa shape index (κ1) is 16.7. The van der Waals surface area contributed by atoms with E-state index in [0.29, 0.717) is 30.4 Å². The first-order valence-electron chi connectivity index (χ1n) is 7.77. The molecule has 0 saturated carbocycles. The molecule has 1 aliphatic rings. The summed E-state index contributed by atoms with van der Waals surface area (Å²) in [5.74, 6) is 0.133. The van der Waals surface area contributed by atoms with Crippen molar-refractivity contribution in [3.05, 3.63) is 40.8 Å². The third kappa shape index (κ3) is 3.65. The second kappa shape index (κ2) is 6.74. The molecule has 1 aromatic heterocycles. The number of carbonyl (C=O) groups excluding carboxylic acids is 1. The number of likely N-dealkylation sites (tertiary alicyclic amines) is 1. The predicted molar refractivity (Wildman–Crippen MR) is 88.1 cm³/mol. The van der Waals surface area contributed by atoms with Gasteiger partial charge in [0.1, 0.15) is 5.58 Å². The minimum Gasteiger partial charge on any atom is -0.423 e. The largest absolute Gasteiger partial charge is 0.423 e. The van der Waals surface area contributed by atoms with Gasteiger partial charge in [0.05, 0.1) is 4.90 Å². The van der Waals surface area contributed by atoms with Gasteiger partial charge in [0.15, 0.2) is 0 Å². The molecule has 128 valence electrons. The smallest absolute Gasteiger partial charge is 0.336 e. The summed E-state index contributed by atoms with van der Waals surface area (Å²) < 4.78 is 32.2. The average Bonchev–Trinajstić information content (AvgIpc) is 2.96. The molecular weight excluding hydrogens is 332 g/mol. The summed E-state index contributed by atoms with van der Waals surface area (Å²) in [6.07, 6.45) is 2.02. The number of benzene rings is 1. The van der Waals surface area contributed by atoms with E-state index in [-0.39, 0.29) is 17.3 Å². The quantitative estimate of drug-likeness (QED) is 0.621. The Bertz CT molecular complexity index is 919. The second-order valence-corrected chi connectivity index (χ2v) is 7.46. The van der Waals surface area contributed by atoms with Crippen molar-refractivity contribution in [1.82, 2.24) is 9.62 Å². The van der Waals surface area contributed by atoms with Crippen molar-refractivity contribution in [2.75, 3.05) is 19.6 Å². The maximum atomic E-state index is 12.3. The van der Waals surface area contributed by atoms with Crippen LogP contribution in [-0.4, -0.2) is 38.9 Å². The molecule has 7 nitrogen and oxygen atoms in total. The van der Waals surface area contributed by atoms with E-state index in [1.54, 1.807) is 4.90 Å². The lowest BCUT2D eigenvalue weighted by Crippen LogP contribution is -2.30. The van der Waals surface area contributed by atoms with E-state index in [2.05, 4.69) is 4.72 Å². The maximum Gasteiger partial charge on any atom is 0.336 e. The second-order valence-electron chi connectivity index (χ2n) is 5.69. The number of hydrogen-bond donors (Lipinski definition) is 1. The third-order valence-electron chi connectivity index (χ3n) is 3.97. The Kier molecular flexibility index (Phi) is 4.68. The maximum absolute atomic E-state index is 12.3. The van der Waals surface area contributed by atoms with Crippen molar-refractivity contribution in [1.29, 1.82) is 0 Å². The van der Waals surface area contributed by atoms with E-state index in [9.17, 15) is 18.0 Å². The van der Waals surface area contributed by atoms with Gasteiger partial charge in [-0.2, -0.15) is 0 Å². The summed E-state index contributed by atoms with van der Waals surface area (Å²) in [5.41, 5.74) is -0.137. The number of sulfonamides is 1. The molecule has 8 heteroatoms. The number of fused-ring (bicyclic) bond motifs is 1. The average molecular weight is 350 g/mol. The molecule has 0 unspecified atom stereocenters. The summed E-state index contributed by atoms with van der Waals surface area (Å²) in [5, 5.41) is 0.542. The van der Waals surface area contributed by atoms with Crippen molar-refractivity contribution in [2.24, 2.45) is 0 Å². The number of nitrogens with one attached hydrogen (secondary N) is 1. The van der Waals surface area contributed by atoms with Crippen LogP contribution in [0.4, 0.5) is 0 Å². The highest BCUT2D eigenvalue weighted by Crippen LogP contribution is 2.17. The number of carbonyl (C=O) groups is 1. The van der Waals surface area contributed by atoms with Crippen molar-refractivity contribution in [3.63, 3.8) is 0 Å². The van der Waals surface area contributed by atoms with Crippen molar-refractivity contribution < 1.29 is 17.6 Å². The Morgan fingerprint density at radius 2 is 2.00 bits per heavy atom. The van der Waals surface area contributed by atoms with Crippen LogP contribution in [-0.2, 0) is 14.8 Å². The molecular formula is C16H18N2O5S. The van der Waals surface area contributed by atoms with Crippen molar-refractivity contribution >= 4 is 26.9 Å². The van der Waals surface area contributed by atoms with Crippen molar-refractivity contribution in [2.45, 2.75) is 24.2 Å². The predicted octanol–water partition coefficient (Wildman–Crippen LogP) is 1.08. The van der Waals surface area contributed by atoms with Gasteiger partial charge in [-0.3, -0.25) is 4.79 Å². The fourth-order valence-corrected chi connectivity index (χ4v) is 3.83. The molecule has 1 aromatic carbocycles. The van der Waals surface area contributed by atoms with Crippen LogP contribution < -0.4 is 10.3 Å². The van der Waals surface area contributed by atoms with E-state index in [1.165, 1.54) is 30.3 Å². The monoisotopic (exact) mass is 350 g/mol. The lowest BCUT2D eigenvalue weighted by molar-refractivity contribution is -0.127. The summed E-state index contributed by atoms with van der Waals surface area (Å²) in [7, 11) is -3.64. The van der Waals surface area contributed by atoms with Crippen LogP contribution >= 0.6 is 0 Å². The molecule has 0 spiro atoms. The van der Waals surface area contributed by atoms with E-state index in [0.717, 1.165) is 13.0 Å². The highest BCUT2D eigenvalue weighted by atomic mass is 32.2. The van der Waals surface area contributed by atoms with Crippen LogP contribution in [0.2, 0.25) is 0 Å². The lowest BCUT2D eigenvalue weighted by Gasteiger charge is -2.15. The molecule has 2 aromatic rings. The topological polar surface area (TPSA) is 96.7 Å². The molecule has 0 bridgehead atoms. The normalized spacial score (nSPS) is 15.3. The van der Waals surface area contributed by atoms with Gasteiger partial charge >= 0.3 is 5.63 Å². The number of hydrogen-bond acceptors (Lipinski definition) is 5. The molecule has 1 fully saturated rings. The van der Waals surface area contributed by atoms with Crippen LogP contribution in [0.15, 0.2) is 44.4 Å². The molecule has 3 rings (SSSR count). The highest BCUT2D eigenvalue weighted by molar-refractivity contribution is 7.89. The molecule has 24 heavy (non-hydrogen) atoms. The van der Waals surface area contributed by atoms with E-state index in [4.69, 9.17) is 4.42 Å². The van der Waals surface area contributed by atoms with Crippen LogP contribution in [0.1, 0.15) is 19.3 Å². The highest BCUT2D eigenvalue weighted by Gasteiger charge is 2.20. The minimum absolute atomic E-state index is 0.112. The van der Waals surface area contributed by atoms with Gasteiger partial charge in [-0.1, -0.05) is 0 Å². The molecule has 1 amide bonds. The molecule has 1 saturated heterocycles. The van der Waals surface area contributed by atoms with Gasteiger partial charge in [0, 0.05) is 37.5 Å². The van der Waals surface area contributed by atoms with Gasteiger partial charge in [-0.25, -0.2) is 17.9 Å². The molecule has 2 heterocycles. The Hall–Kier alpha value is -2.19. The SMILES string of the molecule is O=C1CCCN1CCCNS(=O)(=O)c1ccc2oc(=O)ccc2c1. The van der Waals surface area contributed by atoms with E-state index >= 15 is 0 Å². The van der Waals surface area contributed by atoms with Crippen molar-refractivity contribution in [3.8, 4) is 0 Å². The fourth-order valence-electron chi connectivity index (χ4n) is 2.72. The van der Waals surface area contributed by atoms with Gasteiger partial charge < -0.3 is 9.32 Å². The summed E-state index contributed by atoms with van der Waals surface area (Å²) in [4.78, 5) is 24.5. The zero-order valence-corrected chi connectivity index (χ0v) is 13.8. The Labute approximate surface area is 139 Å². The van der Waals surface area contributed by atoms with Crippen LogP contribution in [0.5, 0.6) is 0 Å². The lowest BCUT2D eigenvalue weighted by atomic mass is 10.2. The minimum atomic E-state index is -3.64. The number of amides is 1. The Morgan fingerprint density at radius 3 is 2.75 bits per heavy atom. The Balaban J connectivity index is 1.63. The zero-order chi connectivity index (χ0) is 17.2. The van der Waals surface area contributed by atoms with Gasteiger partial charge in [0.25, 0.3) is 0 Å². The molecule has 1 N–H and O–H groups in total. The van der Waals surface area contributed by atoms with Gasteiger partial charge in [0.2, 0.25) is 15.9 Å². The summed E-state index contributed by atoms with van der Waals surface area (Å²) >= 11 is 0. The third-order valence-corrected chi connectivity index (χ3v) is 5.43. The number of rotatable bonds is 6. The summed E-state index contributed by atoms with van der Waals surface area (Å²) in [6.45, 7) is 1.57. The molecule has 0 atom stereocenters. The molecule has 0 aliphatic carbocycles. The molecule has 0 radical (unpaired) electrons. The first-order chi connectivity index (χ1) is 11.5. The van der Waals surface area contributed by atoms with E-state index < -0.39 is 15.6 Å². The fraction of sp³-hybridized carbons (Fsp3) is 0.375. The first-order valence-corrected chi connectivity index (χ1v) is 9.25. The van der Waals surface area contributed by atoms with Gasteiger partial charge in [-0.15, -0.1) is 0 Å². The molecule has 1 aliphatic heterocycles. The zero-order valence-electron chi connectivity index (χ0n) is 13.0. The summed E-state index contributed by atoms with van der Waals surface area (Å²) in [6, 6.07) is 7.11.